The molecule has 1 nitrogen and oxygen atoms in total. The van der Waals surface area contributed by atoms with Crippen LogP contribution in [0.2, 0.25) is 0 Å². The van der Waals surface area contributed by atoms with Crippen LogP contribution in [0.25, 0.3) is 10.8 Å². The van der Waals surface area contributed by atoms with E-state index in [2.05, 4.69) is 25.1 Å². The summed E-state index contributed by atoms with van der Waals surface area (Å²) in [5, 5.41) is 11.9. The van der Waals surface area contributed by atoms with E-state index in [4.69, 9.17) is 0 Å². The van der Waals surface area contributed by atoms with Crippen LogP contribution in [-0.4, -0.2) is 5.11 Å². The molecule has 0 atom stereocenters. The third kappa shape index (κ3) is 3.40. The zero-order chi connectivity index (χ0) is 14.7. The van der Waals surface area contributed by atoms with E-state index in [0.717, 1.165) is 17.2 Å². The monoisotopic (exact) mass is 282 g/mol. The van der Waals surface area contributed by atoms with Crippen molar-refractivity contribution in [3.05, 3.63) is 42.0 Å². The molecule has 0 bridgehead atoms. The molecular formula is C20H26O. The third-order valence-corrected chi connectivity index (χ3v) is 5.13. The smallest absolute Gasteiger partial charge is 0.116 e. The molecule has 1 aliphatic carbocycles. The van der Waals surface area contributed by atoms with Crippen LogP contribution < -0.4 is 0 Å². The van der Waals surface area contributed by atoms with Gasteiger partial charge in [0.2, 0.25) is 0 Å². The molecular weight excluding hydrogens is 256 g/mol. The van der Waals surface area contributed by atoms with Crippen molar-refractivity contribution >= 4 is 10.8 Å². The van der Waals surface area contributed by atoms with E-state index < -0.39 is 0 Å². The first-order valence-electron chi connectivity index (χ1n) is 8.49. The van der Waals surface area contributed by atoms with Gasteiger partial charge in [-0.2, -0.15) is 0 Å². The highest BCUT2D eigenvalue weighted by Crippen LogP contribution is 2.38. The van der Waals surface area contributed by atoms with Gasteiger partial charge in [-0.15, -0.1) is 0 Å². The number of hydrogen-bond donors (Lipinski definition) is 1. The number of benzene rings is 2. The molecule has 1 fully saturated rings. The van der Waals surface area contributed by atoms with Crippen molar-refractivity contribution in [2.45, 2.75) is 57.8 Å². The van der Waals surface area contributed by atoms with Crippen LogP contribution in [0.3, 0.4) is 0 Å². The van der Waals surface area contributed by atoms with Crippen LogP contribution >= 0.6 is 0 Å². The highest BCUT2D eigenvalue weighted by atomic mass is 16.3. The molecule has 2 aromatic carbocycles. The number of hydrogen-bond acceptors (Lipinski definition) is 1. The molecule has 3 rings (SSSR count). The molecule has 1 saturated carbocycles. The Kier molecular flexibility index (Phi) is 4.48. The highest BCUT2D eigenvalue weighted by molar-refractivity contribution is 5.84. The van der Waals surface area contributed by atoms with Gasteiger partial charge in [0.05, 0.1) is 0 Å². The summed E-state index contributed by atoms with van der Waals surface area (Å²) in [5.74, 6) is 2.06. The largest absolute Gasteiger partial charge is 0.508 e. The van der Waals surface area contributed by atoms with Gasteiger partial charge in [0.15, 0.2) is 0 Å². The first kappa shape index (κ1) is 14.4. The summed E-state index contributed by atoms with van der Waals surface area (Å²) < 4.78 is 0. The second-order valence-corrected chi connectivity index (χ2v) is 6.65. The van der Waals surface area contributed by atoms with Gasteiger partial charge in [-0.25, -0.2) is 0 Å². The first-order valence-corrected chi connectivity index (χ1v) is 8.49. The fourth-order valence-electron chi connectivity index (χ4n) is 3.78. The van der Waals surface area contributed by atoms with Crippen molar-refractivity contribution in [2.75, 3.05) is 0 Å². The van der Waals surface area contributed by atoms with E-state index in [1.807, 2.05) is 12.1 Å². The Labute approximate surface area is 128 Å². The Morgan fingerprint density at radius 2 is 1.67 bits per heavy atom. The minimum absolute atomic E-state index is 0.353. The maximum atomic E-state index is 9.55. The fraction of sp³-hybridized carbons (Fsp3) is 0.500. The summed E-state index contributed by atoms with van der Waals surface area (Å²) in [7, 11) is 0. The molecule has 0 aliphatic heterocycles. The predicted octanol–water partition coefficient (Wildman–Crippen LogP) is 6.01. The minimum Gasteiger partial charge on any atom is -0.508 e. The maximum Gasteiger partial charge on any atom is 0.116 e. The average Bonchev–Trinajstić information content (AvgIpc) is 2.53. The molecule has 0 radical (unpaired) electrons. The molecule has 0 aromatic heterocycles. The second kappa shape index (κ2) is 6.51. The lowest BCUT2D eigenvalue weighted by Crippen LogP contribution is -2.13. The summed E-state index contributed by atoms with van der Waals surface area (Å²) in [6.45, 7) is 2.29. The Balaban J connectivity index is 1.69. The minimum atomic E-state index is 0.353. The van der Waals surface area contributed by atoms with Crippen molar-refractivity contribution in [3.63, 3.8) is 0 Å². The summed E-state index contributed by atoms with van der Waals surface area (Å²) in [6.07, 6.45) is 9.65. The molecule has 1 N–H and O–H groups in total. The van der Waals surface area contributed by atoms with E-state index in [0.29, 0.717) is 5.75 Å². The lowest BCUT2D eigenvalue weighted by Gasteiger charge is -2.29. The third-order valence-electron chi connectivity index (χ3n) is 5.13. The molecule has 112 valence electrons. The van der Waals surface area contributed by atoms with Crippen molar-refractivity contribution in [1.82, 2.24) is 0 Å². The van der Waals surface area contributed by atoms with Crippen LogP contribution in [-0.2, 0) is 0 Å². The van der Waals surface area contributed by atoms with Crippen LogP contribution in [0.15, 0.2) is 36.4 Å². The van der Waals surface area contributed by atoms with Crippen molar-refractivity contribution in [1.29, 1.82) is 0 Å². The number of rotatable bonds is 4. The van der Waals surface area contributed by atoms with Crippen LogP contribution in [0.4, 0.5) is 0 Å². The fourth-order valence-corrected chi connectivity index (χ4v) is 3.78. The molecule has 0 spiro atoms. The summed E-state index contributed by atoms with van der Waals surface area (Å²) in [4.78, 5) is 0. The van der Waals surface area contributed by atoms with Crippen molar-refractivity contribution in [3.8, 4) is 5.75 Å². The molecule has 0 saturated heterocycles. The molecule has 0 amide bonds. The molecule has 21 heavy (non-hydrogen) atoms. The van der Waals surface area contributed by atoms with Crippen molar-refractivity contribution < 1.29 is 5.11 Å². The van der Waals surface area contributed by atoms with E-state index in [9.17, 15) is 5.11 Å². The zero-order valence-electron chi connectivity index (χ0n) is 13.0. The molecule has 1 heteroatoms. The normalized spacial score (nSPS) is 22.5. The number of phenolic OH excluding ortho intramolecular Hbond substituents is 1. The van der Waals surface area contributed by atoms with Gasteiger partial charge >= 0.3 is 0 Å². The zero-order valence-corrected chi connectivity index (χ0v) is 13.0. The van der Waals surface area contributed by atoms with Crippen LogP contribution in [0, 0.1) is 5.92 Å². The Bertz CT molecular complexity index is 594. The van der Waals surface area contributed by atoms with E-state index in [1.54, 1.807) is 6.07 Å². The molecule has 1 aliphatic rings. The van der Waals surface area contributed by atoms with E-state index in [1.165, 1.54) is 55.9 Å². The SMILES string of the molecule is CCCCC1CCC(c2ccc3cc(O)ccc3c2)CC1. The van der Waals surface area contributed by atoms with Gasteiger partial charge < -0.3 is 5.11 Å². The lowest BCUT2D eigenvalue weighted by molar-refractivity contribution is 0.304. The van der Waals surface area contributed by atoms with Gasteiger partial charge in [-0.3, -0.25) is 0 Å². The molecule has 0 unspecified atom stereocenters. The van der Waals surface area contributed by atoms with Crippen LogP contribution in [0.5, 0.6) is 5.75 Å². The summed E-state index contributed by atoms with van der Waals surface area (Å²) in [5.41, 5.74) is 1.49. The van der Waals surface area contributed by atoms with Crippen molar-refractivity contribution in [2.24, 2.45) is 5.92 Å². The Morgan fingerprint density at radius 3 is 2.43 bits per heavy atom. The summed E-state index contributed by atoms with van der Waals surface area (Å²) >= 11 is 0. The summed E-state index contributed by atoms with van der Waals surface area (Å²) in [6, 6.07) is 12.4. The second-order valence-electron chi connectivity index (χ2n) is 6.65. The Morgan fingerprint density at radius 1 is 0.952 bits per heavy atom. The van der Waals surface area contributed by atoms with E-state index >= 15 is 0 Å². The first-order chi connectivity index (χ1) is 10.3. The lowest BCUT2D eigenvalue weighted by atomic mass is 9.77. The highest BCUT2D eigenvalue weighted by Gasteiger charge is 2.22. The topological polar surface area (TPSA) is 20.2 Å². The van der Waals surface area contributed by atoms with Gasteiger partial charge in [-0.05, 0) is 66.0 Å². The number of fused-ring (bicyclic) bond motifs is 1. The number of aromatic hydroxyl groups is 1. The van der Waals surface area contributed by atoms with E-state index in [-0.39, 0.29) is 0 Å². The molecule has 0 heterocycles. The predicted molar refractivity (Wildman–Crippen MR) is 89.8 cm³/mol. The van der Waals surface area contributed by atoms with Gasteiger partial charge in [0.1, 0.15) is 5.75 Å². The number of phenols is 1. The van der Waals surface area contributed by atoms with Gasteiger partial charge in [-0.1, -0.05) is 50.5 Å². The standard InChI is InChI=1S/C20H26O/c1-2-3-4-15-5-7-16(8-6-15)17-9-10-19-14-20(21)12-11-18(19)13-17/h9-16,21H,2-8H2,1H3. The Hall–Kier alpha value is -1.50. The van der Waals surface area contributed by atoms with Crippen LogP contribution in [0.1, 0.15) is 63.4 Å². The van der Waals surface area contributed by atoms with Gasteiger partial charge in [0, 0.05) is 0 Å². The molecule has 2 aromatic rings. The number of unbranched alkanes of at least 4 members (excludes halogenated alkanes) is 1. The maximum absolute atomic E-state index is 9.55. The average molecular weight is 282 g/mol. The quantitative estimate of drug-likeness (QED) is 0.728. The van der Waals surface area contributed by atoms with Gasteiger partial charge in [0.25, 0.3) is 0 Å².